The van der Waals surface area contributed by atoms with Crippen molar-refractivity contribution in [1.29, 1.82) is 0 Å². The fraction of sp³-hybridized carbons (Fsp3) is 0.296. The third kappa shape index (κ3) is 5.15. The van der Waals surface area contributed by atoms with Crippen LogP contribution in [0.25, 0.3) is 0 Å². The molecule has 31 heavy (non-hydrogen) atoms. The van der Waals surface area contributed by atoms with Crippen LogP contribution in [0.4, 0.5) is 0 Å². The summed E-state index contributed by atoms with van der Waals surface area (Å²) in [6.45, 7) is 6.95. The maximum atomic E-state index is 13.0. The summed E-state index contributed by atoms with van der Waals surface area (Å²) in [5, 5.41) is 0. The summed E-state index contributed by atoms with van der Waals surface area (Å²) >= 11 is 0. The van der Waals surface area contributed by atoms with E-state index in [-0.39, 0.29) is 11.9 Å². The van der Waals surface area contributed by atoms with Crippen molar-refractivity contribution in [2.45, 2.75) is 26.0 Å². The smallest absolute Gasteiger partial charge is 0.263 e. The van der Waals surface area contributed by atoms with Crippen LogP contribution in [0.3, 0.4) is 0 Å². The predicted molar refractivity (Wildman–Crippen MR) is 124 cm³/mol. The second-order valence-electron chi connectivity index (χ2n) is 8.16. The van der Waals surface area contributed by atoms with Crippen molar-refractivity contribution in [3.63, 3.8) is 0 Å². The number of rotatable bonds is 6. The van der Waals surface area contributed by atoms with Gasteiger partial charge in [0.1, 0.15) is 5.75 Å². The number of carbonyl (C=O) groups is 1. The summed E-state index contributed by atoms with van der Waals surface area (Å²) in [7, 11) is 0. The molecule has 0 aliphatic carbocycles. The number of hydrogen-bond donors (Lipinski definition) is 0. The highest BCUT2D eigenvalue weighted by molar-refractivity contribution is 5.81. The van der Waals surface area contributed by atoms with Gasteiger partial charge in [-0.3, -0.25) is 9.69 Å². The first-order valence-corrected chi connectivity index (χ1v) is 11.0. The Labute approximate surface area is 185 Å². The number of amides is 1. The van der Waals surface area contributed by atoms with Gasteiger partial charge in [-0.2, -0.15) is 0 Å². The largest absolute Gasteiger partial charge is 0.481 e. The molecule has 1 atom stereocenters. The average Bonchev–Trinajstić information content (AvgIpc) is 2.82. The molecule has 0 radical (unpaired) electrons. The lowest BCUT2D eigenvalue weighted by Crippen LogP contribution is -2.52. The molecule has 0 spiro atoms. The molecule has 4 rings (SSSR count). The van der Waals surface area contributed by atoms with Crippen molar-refractivity contribution in [3.05, 3.63) is 102 Å². The molecule has 1 amide bonds. The number of nitrogens with zero attached hydrogens (tertiary/aromatic N) is 2. The maximum Gasteiger partial charge on any atom is 0.263 e. The summed E-state index contributed by atoms with van der Waals surface area (Å²) in [4.78, 5) is 17.4. The van der Waals surface area contributed by atoms with Crippen LogP contribution in [0.5, 0.6) is 5.75 Å². The van der Waals surface area contributed by atoms with Crippen LogP contribution in [0, 0.1) is 6.92 Å². The minimum atomic E-state index is -0.492. The van der Waals surface area contributed by atoms with Crippen LogP contribution < -0.4 is 4.74 Å². The highest BCUT2D eigenvalue weighted by atomic mass is 16.5. The molecular weight excluding hydrogens is 384 g/mol. The Bertz CT molecular complexity index is 926. The van der Waals surface area contributed by atoms with Gasteiger partial charge in [0.25, 0.3) is 5.91 Å². The summed E-state index contributed by atoms with van der Waals surface area (Å²) in [5.41, 5.74) is 3.74. The number of piperazine rings is 1. The highest BCUT2D eigenvalue weighted by Gasteiger charge is 2.30. The van der Waals surface area contributed by atoms with Crippen molar-refractivity contribution >= 4 is 5.91 Å². The van der Waals surface area contributed by atoms with E-state index < -0.39 is 6.10 Å². The molecule has 1 saturated heterocycles. The van der Waals surface area contributed by atoms with Crippen molar-refractivity contribution in [3.8, 4) is 5.75 Å². The molecule has 0 aromatic heterocycles. The van der Waals surface area contributed by atoms with Crippen molar-refractivity contribution in [2.75, 3.05) is 26.2 Å². The van der Waals surface area contributed by atoms with Crippen LogP contribution in [0.15, 0.2) is 84.9 Å². The van der Waals surface area contributed by atoms with Crippen LogP contribution in [0.2, 0.25) is 0 Å². The summed E-state index contributed by atoms with van der Waals surface area (Å²) in [6.07, 6.45) is -0.492. The van der Waals surface area contributed by atoms with Gasteiger partial charge in [-0.15, -0.1) is 0 Å². The SMILES string of the molecule is Cc1ccc(OC(C)C(=O)N2CCN(C(c3ccccc3)c3ccccc3)CC2)cc1. The molecule has 3 aromatic carbocycles. The van der Waals surface area contributed by atoms with Gasteiger partial charge in [0.2, 0.25) is 0 Å². The molecule has 1 aliphatic rings. The zero-order chi connectivity index (χ0) is 21.6. The zero-order valence-electron chi connectivity index (χ0n) is 18.3. The second-order valence-corrected chi connectivity index (χ2v) is 8.16. The van der Waals surface area contributed by atoms with E-state index in [0.29, 0.717) is 13.1 Å². The Morgan fingerprint density at radius 3 is 1.81 bits per heavy atom. The first-order chi connectivity index (χ1) is 15.1. The normalized spacial score (nSPS) is 15.6. The maximum absolute atomic E-state index is 13.0. The molecule has 1 heterocycles. The summed E-state index contributed by atoms with van der Waals surface area (Å²) in [6, 6.07) is 29.3. The van der Waals surface area contributed by atoms with Crippen molar-refractivity contribution in [2.24, 2.45) is 0 Å². The Balaban J connectivity index is 1.41. The lowest BCUT2D eigenvalue weighted by Gasteiger charge is -2.40. The topological polar surface area (TPSA) is 32.8 Å². The minimum absolute atomic E-state index is 0.0520. The third-order valence-electron chi connectivity index (χ3n) is 5.90. The van der Waals surface area contributed by atoms with E-state index in [0.717, 1.165) is 18.8 Å². The van der Waals surface area contributed by atoms with E-state index >= 15 is 0 Å². The van der Waals surface area contributed by atoms with Crippen molar-refractivity contribution < 1.29 is 9.53 Å². The van der Waals surface area contributed by atoms with Gasteiger partial charge in [-0.25, -0.2) is 0 Å². The molecule has 1 aliphatic heterocycles. The summed E-state index contributed by atoms with van der Waals surface area (Å²) < 4.78 is 5.89. The number of ether oxygens (including phenoxy) is 1. The summed E-state index contributed by atoms with van der Waals surface area (Å²) in [5.74, 6) is 0.787. The number of benzene rings is 3. The lowest BCUT2D eigenvalue weighted by atomic mass is 9.96. The average molecular weight is 415 g/mol. The van der Waals surface area contributed by atoms with E-state index in [1.165, 1.54) is 16.7 Å². The lowest BCUT2D eigenvalue weighted by molar-refractivity contribution is -0.140. The molecule has 3 aromatic rings. The number of aryl methyl sites for hydroxylation is 1. The fourth-order valence-electron chi connectivity index (χ4n) is 4.21. The van der Waals surface area contributed by atoms with Gasteiger partial charge in [0.15, 0.2) is 6.10 Å². The molecule has 0 bridgehead atoms. The van der Waals surface area contributed by atoms with Crippen molar-refractivity contribution in [1.82, 2.24) is 9.80 Å². The molecule has 4 heteroatoms. The quantitative estimate of drug-likeness (QED) is 0.586. The van der Waals surface area contributed by atoms with Gasteiger partial charge in [-0.1, -0.05) is 78.4 Å². The minimum Gasteiger partial charge on any atom is -0.481 e. The fourth-order valence-corrected chi connectivity index (χ4v) is 4.21. The Kier molecular flexibility index (Phi) is 6.68. The van der Waals surface area contributed by atoms with Gasteiger partial charge >= 0.3 is 0 Å². The number of hydrogen-bond acceptors (Lipinski definition) is 3. The Hall–Kier alpha value is -3.11. The Morgan fingerprint density at radius 1 is 0.774 bits per heavy atom. The molecule has 4 nitrogen and oxygen atoms in total. The van der Waals surface area contributed by atoms with Gasteiger partial charge in [0.05, 0.1) is 6.04 Å². The first kappa shape index (κ1) is 21.1. The highest BCUT2D eigenvalue weighted by Crippen LogP contribution is 2.29. The first-order valence-electron chi connectivity index (χ1n) is 11.0. The molecule has 160 valence electrons. The third-order valence-corrected chi connectivity index (χ3v) is 5.90. The van der Waals surface area contributed by atoms with E-state index in [2.05, 4.69) is 65.6 Å². The second kappa shape index (κ2) is 9.80. The van der Waals surface area contributed by atoms with E-state index in [1.807, 2.05) is 43.0 Å². The van der Waals surface area contributed by atoms with E-state index in [4.69, 9.17) is 4.74 Å². The molecule has 0 saturated carbocycles. The zero-order valence-corrected chi connectivity index (χ0v) is 18.3. The van der Waals surface area contributed by atoms with Crippen LogP contribution >= 0.6 is 0 Å². The monoisotopic (exact) mass is 414 g/mol. The van der Waals surface area contributed by atoms with Crippen LogP contribution in [0.1, 0.15) is 29.7 Å². The van der Waals surface area contributed by atoms with Crippen LogP contribution in [-0.4, -0.2) is 48.0 Å². The standard InChI is InChI=1S/C27H30N2O2/c1-21-13-15-25(16-14-21)31-22(2)27(30)29-19-17-28(18-20-29)26(23-9-5-3-6-10-23)24-11-7-4-8-12-24/h3-16,22,26H,17-20H2,1-2H3. The van der Waals surface area contributed by atoms with Gasteiger partial charge < -0.3 is 9.64 Å². The van der Waals surface area contributed by atoms with Crippen LogP contribution in [-0.2, 0) is 4.79 Å². The van der Waals surface area contributed by atoms with E-state index in [9.17, 15) is 4.79 Å². The van der Waals surface area contributed by atoms with E-state index in [1.54, 1.807) is 0 Å². The molecule has 0 N–H and O–H groups in total. The Morgan fingerprint density at radius 2 is 1.29 bits per heavy atom. The molecule has 1 fully saturated rings. The van der Waals surface area contributed by atoms with Gasteiger partial charge in [0, 0.05) is 26.2 Å². The predicted octanol–water partition coefficient (Wildman–Crippen LogP) is 4.70. The molecule has 1 unspecified atom stereocenters. The molecular formula is C27H30N2O2. The number of carbonyl (C=O) groups excluding carboxylic acids is 1. The van der Waals surface area contributed by atoms with Gasteiger partial charge in [-0.05, 0) is 37.1 Å².